The smallest absolute Gasteiger partial charge is 0.0346 e. The normalized spacial score (nSPS) is 10.1. The molecule has 0 radical (unpaired) electrons. The van der Waals surface area contributed by atoms with E-state index in [2.05, 4.69) is 41.4 Å². The Hall–Kier alpha value is -1.89. The van der Waals surface area contributed by atoms with Gasteiger partial charge in [-0.1, -0.05) is 31.7 Å². The highest BCUT2D eigenvalue weighted by atomic mass is 14.6. The predicted molar refractivity (Wildman–Crippen MR) is 66.0 cm³/mol. The van der Waals surface area contributed by atoms with E-state index >= 15 is 0 Å². The highest BCUT2D eigenvalue weighted by Gasteiger charge is 1.95. The van der Waals surface area contributed by atoms with Crippen LogP contribution in [0.4, 0.5) is 0 Å². The highest BCUT2D eigenvalue weighted by molar-refractivity contribution is 5.97. The molecule has 1 heterocycles. The van der Waals surface area contributed by atoms with Crippen molar-refractivity contribution in [3.63, 3.8) is 0 Å². The summed E-state index contributed by atoms with van der Waals surface area (Å²) in [5.74, 6) is 0. The van der Waals surface area contributed by atoms with E-state index in [0.29, 0.717) is 0 Å². The fourth-order valence-corrected chi connectivity index (χ4v) is 1.78. The maximum absolute atomic E-state index is 4.12. The molecule has 1 nitrogen and oxygen atoms in total. The lowest BCUT2D eigenvalue weighted by Crippen LogP contribution is -1.76. The molecule has 0 atom stereocenters. The van der Waals surface area contributed by atoms with Crippen molar-refractivity contribution in [1.29, 1.82) is 0 Å². The number of hydrogen-bond donors (Lipinski definition) is 0. The zero-order valence-electron chi connectivity index (χ0n) is 7.64. The first-order valence-corrected chi connectivity index (χ1v) is 4.66. The summed E-state index contributed by atoms with van der Waals surface area (Å²) in [6, 6.07) is 14.8. The van der Waals surface area contributed by atoms with Gasteiger partial charge in [0.25, 0.3) is 0 Å². The van der Waals surface area contributed by atoms with Crippen molar-refractivity contribution in [1.82, 2.24) is 4.98 Å². The Bertz CT molecular complexity index is 494. The molecule has 15 heavy (non-hydrogen) atoms. The fourth-order valence-electron chi connectivity index (χ4n) is 1.78. The Morgan fingerprint density at radius 2 is 1.33 bits per heavy atom. The molecule has 1 heteroatoms. The quantitative estimate of drug-likeness (QED) is 0.493. The van der Waals surface area contributed by atoms with E-state index in [1.807, 2.05) is 18.5 Å². The molecule has 0 bridgehead atoms. The number of aromatic nitrogens is 1. The Balaban J connectivity index is 0.000000853. The number of hydrogen-bond acceptors (Lipinski definition) is 1. The van der Waals surface area contributed by atoms with Crippen molar-refractivity contribution < 1.29 is 0 Å². The van der Waals surface area contributed by atoms with Crippen LogP contribution in [0.15, 0.2) is 54.9 Å². The van der Waals surface area contributed by atoms with Gasteiger partial charge in [0.15, 0.2) is 0 Å². The fraction of sp³-hybridized carbons (Fsp3) is 0.0714. The molecule has 74 valence electrons. The number of benzene rings is 2. The SMILES string of the molecule is C.c1ccc2cc3cnccc3cc2c1. The molecule has 0 aliphatic carbocycles. The molecule has 0 N–H and O–H groups in total. The molecule has 1 aromatic heterocycles. The topological polar surface area (TPSA) is 12.9 Å². The summed E-state index contributed by atoms with van der Waals surface area (Å²) < 4.78 is 0. The Morgan fingerprint density at radius 3 is 2.07 bits per heavy atom. The second-order valence-corrected chi connectivity index (χ2v) is 3.42. The lowest BCUT2D eigenvalue weighted by atomic mass is 10.1. The first kappa shape index (κ1) is 9.66. The average molecular weight is 195 g/mol. The third-order valence-electron chi connectivity index (χ3n) is 2.51. The number of fused-ring (bicyclic) bond motifs is 2. The molecule has 0 unspecified atom stereocenters. The summed E-state index contributed by atoms with van der Waals surface area (Å²) in [5.41, 5.74) is 0. The van der Waals surface area contributed by atoms with Gasteiger partial charge in [-0.15, -0.1) is 0 Å². The molecule has 0 aliphatic heterocycles. The maximum Gasteiger partial charge on any atom is 0.0346 e. The van der Waals surface area contributed by atoms with Crippen LogP contribution in [0.25, 0.3) is 21.5 Å². The standard InChI is InChI=1S/C13H9N.CH4/c1-2-4-11-8-13-9-14-6-5-12(13)7-10(11)3-1;/h1-9H;1H4. The largest absolute Gasteiger partial charge is 0.264 e. The summed E-state index contributed by atoms with van der Waals surface area (Å²) in [6.07, 6.45) is 3.74. The third-order valence-corrected chi connectivity index (χ3v) is 2.51. The molecule has 3 rings (SSSR count). The summed E-state index contributed by atoms with van der Waals surface area (Å²) >= 11 is 0. The summed E-state index contributed by atoms with van der Waals surface area (Å²) in [4.78, 5) is 4.12. The van der Waals surface area contributed by atoms with Gasteiger partial charge in [-0.05, 0) is 34.4 Å². The van der Waals surface area contributed by atoms with Gasteiger partial charge in [0.2, 0.25) is 0 Å². The van der Waals surface area contributed by atoms with Gasteiger partial charge in [-0.25, -0.2) is 0 Å². The van der Waals surface area contributed by atoms with E-state index in [4.69, 9.17) is 0 Å². The minimum atomic E-state index is 0. The Labute approximate surface area is 89.4 Å². The van der Waals surface area contributed by atoms with Crippen LogP contribution >= 0.6 is 0 Å². The average Bonchev–Trinajstić information content (AvgIpc) is 2.26. The van der Waals surface area contributed by atoms with E-state index in [0.717, 1.165) is 0 Å². The molecule has 0 aliphatic rings. The minimum Gasteiger partial charge on any atom is -0.264 e. The van der Waals surface area contributed by atoms with Gasteiger partial charge in [-0.3, -0.25) is 4.98 Å². The van der Waals surface area contributed by atoms with Crippen LogP contribution in [0.3, 0.4) is 0 Å². The first-order chi connectivity index (χ1) is 6.93. The van der Waals surface area contributed by atoms with Gasteiger partial charge < -0.3 is 0 Å². The summed E-state index contributed by atoms with van der Waals surface area (Å²) in [6.45, 7) is 0. The Kier molecular flexibility index (Phi) is 2.38. The van der Waals surface area contributed by atoms with E-state index in [-0.39, 0.29) is 7.43 Å². The van der Waals surface area contributed by atoms with Gasteiger partial charge in [0.05, 0.1) is 0 Å². The molecular formula is C14H13N. The van der Waals surface area contributed by atoms with E-state index in [9.17, 15) is 0 Å². The van der Waals surface area contributed by atoms with Crippen LogP contribution < -0.4 is 0 Å². The van der Waals surface area contributed by atoms with Gasteiger partial charge in [0.1, 0.15) is 0 Å². The van der Waals surface area contributed by atoms with Crippen molar-refractivity contribution in [2.45, 2.75) is 7.43 Å². The number of rotatable bonds is 0. The van der Waals surface area contributed by atoms with Gasteiger partial charge in [-0.2, -0.15) is 0 Å². The number of pyridine rings is 1. The third kappa shape index (κ3) is 1.57. The van der Waals surface area contributed by atoms with Crippen LogP contribution in [0.2, 0.25) is 0 Å². The van der Waals surface area contributed by atoms with Crippen molar-refractivity contribution in [2.24, 2.45) is 0 Å². The zero-order chi connectivity index (χ0) is 9.38. The molecule has 0 saturated carbocycles. The van der Waals surface area contributed by atoms with E-state index in [1.165, 1.54) is 21.5 Å². The zero-order valence-corrected chi connectivity index (χ0v) is 7.64. The lowest BCUT2D eigenvalue weighted by molar-refractivity contribution is 1.37. The van der Waals surface area contributed by atoms with E-state index in [1.54, 1.807) is 0 Å². The maximum atomic E-state index is 4.12. The first-order valence-electron chi connectivity index (χ1n) is 4.66. The molecular weight excluding hydrogens is 182 g/mol. The summed E-state index contributed by atoms with van der Waals surface area (Å²) in [7, 11) is 0. The number of nitrogens with zero attached hydrogens (tertiary/aromatic N) is 1. The van der Waals surface area contributed by atoms with Crippen LogP contribution in [0.1, 0.15) is 7.43 Å². The molecule has 0 fully saturated rings. The van der Waals surface area contributed by atoms with Crippen molar-refractivity contribution in [3.05, 3.63) is 54.9 Å². The van der Waals surface area contributed by atoms with E-state index < -0.39 is 0 Å². The van der Waals surface area contributed by atoms with Crippen LogP contribution in [0.5, 0.6) is 0 Å². The van der Waals surface area contributed by atoms with Gasteiger partial charge >= 0.3 is 0 Å². The molecule has 0 amide bonds. The molecule has 0 spiro atoms. The van der Waals surface area contributed by atoms with Crippen LogP contribution in [0, 0.1) is 0 Å². The minimum absolute atomic E-state index is 0. The second-order valence-electron chi connectivity index (χ2n) is 3.42. The Morgan fingerprint density at radius 1 is 0.733 bits per heavy atom. The van der Waals surface area contributed by atoms with Gasteiger partial charge in [0, 0.05) is 17.8 Å². The highest BCUT2D eigenvalue weighted by Crippen LogP contribution is 2.21. The monoisotopic (exact) mass is 195 g/mol. The lowest BCUT2D eigenvalue weighted by Gasteiger charge is -2.00. The van der Waals surface area contributed by atoms with Crippen molar-refractivity contribution in [3.8, 4) is 0 Å². The predicted octanol–water partition coefficient (Wildman–Crippen LogP) is 4.02. The molecule has 3 aromatic rings. The summed E-state index contributed by atoms with van der Waals surface area (Å²) in [5, 5.41) is 5.00. The molecule has 0 saturated heterocycles. The van der Waals surface area contributed by atoms with Crippen molar-refractivity contribution >= 4 is 21.5 Å². The second kappa shape index (κ2) is 3.70. The van der Waals surface area contributed by atoms with Crippen LogP contribution in [-0.4, -0.2) is 4.98 Å². The van der Waals surface area contributed by atoms with Crippen molar-refractivity contribution in [2.75, 3.05) is 0 Å². The molecule has 2 aromatic carbocycles. The van der Waals surface area contributed by atoms with Crippen LogP contribution in [-0.2, 0) is 0 Å².